The number of aromatic nitrogens is 1. The summed E-state index contributed by atoms with van der Waals surface area (Å²) in [6, 6.07) is 0.731. The minimum Gasteiger partial charge on any atom is -0.398 e. The molecule has 0 aromatic carbocycles. The summed E-state index contributed by atoms with van der Waals surface area (Å²) < 4.78 is 38.6. The summed E-state index contributed by atoms with van der Waals surface area (Å²) in [5.41, 5.74) is -1.05. The monoisotopic (exact) mass is 247 g/mol. The molecule has 1 N–H and O–H groups in total. The molecule has 0 aliphatic carbocycles. The molecule has 0 saturated carbocycles. The zero-order valence-corrected chi connectivity index (χ0v) is 7.80. The first-order valence-electron chi connectivity index (χ1n) is 3.13. The number of halogens is 5. The van der Waals surface area contributed by atoms with Gasteiger partial charge in [-0.25, -0.2) is 0 Å². The maximum atomic E-state index is 11.7. The third kappa shape index (κ3) is 2.81. The van der Waals surface area contributed by atoms with Crippen molar-refractivity contribution in [2.45, 2.75) is 6.36 Å². The van der Waals surface area contributed by atoms with E-state index < -0.39 is 22.7 Å². The largest absolute Gasteiger partial charge is 0.573 e. The molecule has 0 radical (unpaired) electrons. The smallest absolute Gasteiger partial charge is 0.398 e. The molecule has 14 heavy (non-hydrogen) atoms. The van der Waals surface area contributed by atoms with Gasteiger partial charge in [0.2, 0.25) is 11.2 Å². The van der Waals surface area contributed by atoms with Crippen LogP contribution in [0.5, 0.6) is 5.75 Å². The van der Waals surface area contributed by atoms with E-state index >= 15 is 0 Å². The summed E-state index contributed by atoms with van der Waals surface area (Å²) in [7, 11) is 0. The Morgan fingerprint density at radius 3 is 2.36 bits per heavy atom. The van der Waals surface area contributed by atoms with Crippen molar-refractivity contribution in [3.8, 4) is 5.75 Å². The van der Waals surface area contributed by atoms with Gasteiger partial charge in [-0.2, -0.15) is 0 Å². The first-order chi connectivity index (χ1) is 6.29. The predicted octanol–water partition coefficient (Wildman–Crippen LogP) is 2.58. The molecule has 0 bridgehead atoms. The number of aromatic amines is 1. The fourth-order valence-electron chi connectivity index (χ4n) is 0.697. The fraction of sp³-hybridized carbons (Fsp3) is 0.167. The first-order valence-corrected chi connectivity index (χ1v) is 3.89. The van der Waals surface area contributed by atoms with Gasteiger partial charge in [0.15, 0.2) is 5.15 Å². The van der Waals surface area contributed by atoms with Crippen LogP contribution < -0.4 is 10.2 Å². The molecule has 78 valence electrons. The van der Waals surface area contributed by atoms with Gasteiger partial charge in [-0.05, 0) is 0 Å². The van der Waals surface area contributed by atoms with Crippen LogP contribution in [0.25, 0.3) is 0 Å². The SMILES string of the molecule is O=c1cc(Cl)[nH]c(Cl)c1OC(F)(F)F. The summed E-state index contributed by atoms with van der Waals surface area (Å²) in [5, 5.41) is -0.769. The standard InChI is InChI=1S/C6H2Cl2F3NO2/c7-3-1-2(13)4(5(8)12-3)14-6(9,10)11/h1H,(H,12,13). The number of hydrogen-bond acceptors (Lipinski definition) is 2. The molecule has 1 aromatic rings. The Kier molecular flexibility index (Phi) is 2.96. The molecule has 8 heteroatoms. The summed E-state index contributed by atoms with van der Waals surface area (Å²) in [6.45, 7) is 0. The quantitative estimate of drug-likeness (QED) is 0.776. The van der Waals surface area contributed by atoms with Gasteiger partial charge in [0.05, 0.1) is 0 Å². The van der Waals surface area contributed by atoms with Crippen molar-refractivity contribution < 1.29 is 17.9 Å². The van der Waals surface area contributed by atoms with Gasteiger partial charge in [0.1, 0.15) is 5.15 Å². The van der Waals surface area contributed by atoms with Crippen LogP contribution in [-0.2, 0) is 0 Å². The lowest BCUT2D eigenvalue weighted by molar-refractivity contribution is -0.275. The lowest BCUT2D eigenvalue weighted by atomic mass is 10.4. The van der Waals surface area contributed by atoms with Gasteiger partial charge in [0, 0.05) is 6.07 Å². The summed E-state index contributed by atoms with van der Waals surface area (Å²) in [5.74, 6) is -1.02. The van der Waals surface area contributed by atoms with E-state index in [0.717, 1.165) is 6.07 Å². The van der Waals surface area contributed by atoms with Gasteiger partial charge in [-0.3, -0.25) is 4.79 Å². The number of ether oxygens (including phenoxy) is 1. The van der Waals surface area contributed by atoms with Gasteiger partial charge in [0.25, 0.3) is 0 Å². The molecule has 0 amide bonds. The summed E-state index contributed by atoms with van der Waals surface area (Å²) >= 11 is 10.6. The molecule has 3 nitrogen and oxygen atoms in total. The van der Waals surface area contributed by atoms with E-state index in [1.54, 1.807) is 0 Å². The van der Waals surface area contributed by atoms with Crippen molar-refractivity contribution in [2.75, 3.05) is 0 Å². The number of hydrogen-bond donors (Lipinski definition) is 1. The Morgan fingerprint density at radius 1 is 1.36 bits per heavy atom. The number of nitrogens with one attached hydrogen (secondary N) is 1. The molecule has 1 heterocycles. The maximum Gasteiger partial charge on any atom is 0.573 e. The van der Waals surface area contributed by atoms with Crippen molar-refractivity contribution in [3.05, 3.63) is 26.6 Å². The van der Waals surface area contributed by atoms with Crippen LogP contribution in [0.1, 0.15) is 0 Å². The Labute approximate surface area is 85.4 Å². The lowest BCUT2D eigenvalue weighted by Gasteiger charge is -2.08. The molecular formula is C6H2Cl2F3NO2. The highest BCUT2D eigenvalue weighted by molar-refractivity contribution is 6.33. The highest BCUT2D eigenvalue weighted by Gasteiger charge is 2.33. The van der Waals surface area contributed by atoms with Crippen LogP contribution in [0.4, 0.5) is 13.2 Å². The van der Waals surface area contributed by atoms with Crippen LogP contribution in [0.15, 0.2) is 10.9 Å². The molecule has 0 unspecified atom stereocenters. The topological polar surface area (TPSA) is 42.1 Å². The summed E-state index contributed by atoms with van der Waals surface area (Å²) in [6.07, 6.45) is -4.97. The van der Waals surface area contributed by atoms with Crippen molar-refractivity contribution in [3.63, 3.8) is 0 Å². The highest BCUT2D eigenvalue weighted by atomic mass is 35.5. The lowest BCUT2D eigenvalue weighted by Crippen LogP contribution is -2.22. The van der Waals surface area contributed by atoms with Crippen molar-refractivity contribution in [2.24, 2.45) is 0 Å². The molecule has 0 saturated heterocycles. The second kappa shape index (κ2) is 3.70. The Bertz CT molecular complexity index is 401. The number of alkyl halides is 3. The average molecular weight is 248 g/mol. The average Bonchev–Trinajstić information content (AvgIpc) is 1.95. The van der Waals surface area contributed by atoms with E-state index in [9.17, 15) is 18.0 Å². The molecule has 0 aliphatic rings. The minimum atomic E-state index is -4.97. The Hall–Kier alpha value is -0.880. The third-order valence-corrected chi connectivity index (χ3v) is 1.60. The maximum absolute atomic E-state index is 11.7. The zero-order chi connectivity index (χ0) is 10.9. The van der Waals surface area contributed by atoms with Crippen molar-refractivity contribution >= 4 is 23.2 Å². The van der Waals surface area contributed by atoms with E-state index in [4.69, 9.17) is 23.2 Å². The second-order valence-corrected chi connectivity index (χ2v) is 2.96. The zero-order valence-electron chi connectivity index (χ0n) is 6.28. The van der Waals surface area contributed by atoms with E-state index in [1.807, 2.05) is 0 Å². The molecular weight excluding hydrogens is 246 g/mol. The van der Waals surface area contributed by atoms with E-state index in [1.165, 1.54) is 0 Å². The van der Waals surface area contributed by atoms with E-state index in [-0.39, 0.29) is 5.15 Å². The van der Waals surface area contributed by atoms with Gasteiger partial charge < -0.3 is 9.72 Å². The van der Waals surface area contributed by atoms with Crippen LogP contribution in [0.2, 0.25) is 10.3 Å². The molecule has 0 fully saturated rings. The van der Waals surface area contributed by atoms with E-state index in [0.29, 0.717) is 0 Å². The van der Waals surface area contributed by atoms with Crippen LogP contribution in [-0.4, -0.2) is 11.3 Å². The number of H-pyrrole nitrogens is 1. The minimum absolute atomic E-state index is 0.172. The normalized spacial score (nSPS) is 11.5. The van der Waals surface area contributed by atoms with Crippen LogP contribution >= 0.6 is 23.2 Å². The fourth-order valence-corrected chi connectivity index (χ4v) is 1.17. The number of pyridine rings is 1. The highest BCUT2D eigenvalue weighted by Crippen LogP contribution is 2.25. The second-order valence-electron chi connectivity index (χ2n) is 2.17. The van der Waals surface area contributed by atoms with Gasteiger partial charge in [-0.1, -0.05) is 23.2 Å². The van der Waals surface area contributed by atoms with Gasteiger partial charge >= 0.3 is 6.36 Å². The molecule has 0 spiro atoms. The van der Waals surface area contributed by atoms with Crippen molar-refractivity contribution in [1.82, 2.24) is 4.98 Å². The third-order valence-electron chi connectivity index (χ3n) is 1.13. The predicted molar refractivity (Wildman–Crippen MR) is 43.8 cm³/mol. The number of rotatable bonds is 1. The Morgan fingerprint density at radius 2 is 1.93 bits per heavy atom. The molecule has 0 aliphatic heterocycles. The van der Waals surface area contributed by atoms with Crippen LogP contribution in [0.3, 0.4) is 0 Å². The molecule has 0 atom stereocenters. The molecule has 1 rings (SSSR count). The van der Waals surface area contributed by atoms with Crippen LogP contribution in [0, 0.1) is 0 Å². The van der Waals surface area contributed by atoms with E-state index in [2.05, 4.69) is 9.72 Å². The first kappa shape index (κ1) is 11.2. The van der Waals surface area contributed by atoms with Crippen molar-refractivity contribution in [1.29, 1.82) is 0 Å². The molecule has 1 aromatic heterocycles. The summed E-state index contributed by atoms with van der Waals surface area (Å²) in [4.78, 5) is 13.0. The van der Waals surface area contributed by atoms with Gasteiger partial charge in [-0.15, -0.1) is 13.2 Å². The Balaban J connectivity index is 3.16.